The van der Waals surface area contributed by atoms with Crippen molar-refractivity contribution in [3.63, 3.8) is 0 Å². The topological polar surface area (TPSA) is 43.4 Å². The van der Waals surface area contributed by atoms with Crippen LogP contribution in [-0.4, -0.2) is 8.42 Å². The van der Waals surface area contributed by atoms with Crippen molar-refractivity contribution >= 4 is 35.7 Å². The van der Waals surface area contributed by atoms with Crippen LogP contribution in [0.1, 0.15) is 5.56 Å². The first-order chi connectivity index (χ1) is 8.86. The van der Waals surface area contributed by atoms with Crippen molar-refractivity contribution in [1.29, 1.82) is 0 Å². The molecule has 0 heterocycles. The number of aryl methyl sites for hydroxylation is 1. The Bertz CT molecular complexity index is 696. The van der Waals surface area contributed by atoms with Crippen LogP contribution in [0.4, 0.5) is 0 Å². The SMILES string of the molecule is Cc1cc(Oc2ccc(Br)cc2)ccc1S(=O)(=O)Cl. The average Bonchev–Trinajstić information content (AvgIpc) is 2.30. The smallest absolute Gasteiger partial charge is 0.261 e. The van der Waals surface area contributed by atoms with Crippen LogP contribution in [-0.2, 0) is 9.05 Å². The van der Waals surface area contributed by atoms with Crippen molar-refractivity contribution in [2.75, 3.05) is 0 Å². The second kappa shape index (κ2) is 5.53. The first-order valence-corrected chi connectivity index (χ1v) is 8.45. The highest BCUT2D eigenvalue weighted by atomic mass is 79.9. The van der Waals surface area contributed by atoms with E-state index in [0.29, 0.717) is 17.1 Å². The Kier molecular flexibility index (Phi) is 4.18. The molecule has 0 spiro atoms. The van der Waals surface area contributed by atoms with E-state index in [1.54, 1.807) is 19.1 Å². The Balaban J connectivity index is 2.28. The minimum absolute atomic E-state index is 0.0947. The molecule has 6 heteroatoms. The second-order valence-corrected chi connectivity index (χ2v) is 7.37. The van der Waals surface area contributed by atoms with Crippen molar-refractivity contribution in [3.05, 3.63) is 52.5 Å². The van der Waals surface area contributed by atoms with Gasteiger partial charge in [-0.1, -0.05) is 15.9 Å². The number of halogens is 2. The Morgan fingerprint density at radius 1 is 1.05 bits per heavy atom. The Labute approximate surface area is 124 Å². The number of ether oxygens (including phenoxy) is 1. The van der Waals surface area contributed by atoms with Gasteiger partial charge in [0.05, 0.1) is 4.90 Å². The molecule has 2 aromatic rings. The summed E-state index contributed by atoms with van der Waals surface area (Å²) in [5.41, 5.74) is 0.546. The first-order valence-electron chi connectivity index (χ1n) is 5.35. The molecule has 0 fully saturated rings. The summed E-state index contributed by atoms with van der Waals surface area (Å²) in [4.78, 5) is 0.0947. The molecule has 0 unspecified atom stereocenters. The van der Waals surface area contributed by atoms with Gasteiger partial charge in [-0.2, -0.15) is 0 Å². The summed E-state index contributed by atoms with van der Waals surface area (Å²) in [5.74, 6) is 1.23. The number of benzene rings is 2. The molecule has 100 valence electrons. The average molecular weight is 362 g/mol. The molecule has 0 aromatic heterocycles. The minimum Gasteiger partial charge on any atom is -0.457 e. The summed E-state index contributed by atoms with van der Waals surface area (Å²) >= 11 is 3.34. The van der Waals surface area contributed by atoms with E-state index >= 15 is 0 Å². The second-order valence-electron chi connectivity index (χ2n) is 3.92. The lowest BCUT2D eigenvalue weighted by atomic mass is 10.2. The van der Waals surface area contributed by atoms with E-state index in [4.69, 9.17) is 15.4 Å². The molecule has 0 saturated heterocycles. The van der Waals surface area contributed by atoms with Crippen molar-refractivity contribution < 1.29 is 13.2 Å². The highest BCUT2D eigenvalue weighted by Gasteiger charge is 2.13. The largest absolute Gasteiger partial charge is 0.457 e. The van der Waals surface area contributed by atoms with Crippen LogP contribution < -0.4 is 4.74 Å². The lowest BCUT2D eigenvalue weighted by Gasteiger charge is -2.08. The molecule has 0 bridgehead atoms. The molecule has 0 saturated carbocycles. The number of hydrogen-bond donors (Lipinski definition) is 0. The predicted molar refractivity (Wildman–Crippen MR) is 78.4 cm³/mol. The van der Waals surface area contributed by atoms with E-state index in [2.05, 4.69) is 15.9 Å². The van der Waals surface area contributed by atoms with Crippen molar-refractivity contribution in [2.24, 2.45) is 0 Å². The van der Waals surface area contributed by atoms with E-state index in [9.17, 15) is 8.42 Å². The Morgan fingerprint density at radius 2 is 1.63 bits per heavy atom. The van der Waals surface area contributed by atoms with Crippen LogP contribution >= 0.6 is 26.6 Å². The molecule has 2 rings (SSSR count). The maximum Gasteiger partial charge on any atom is 0.261 e. The van der Waals surface area contributed by atoms with Gasteiger partial charge in [-0.15, -0.1) is 0 Å². The van der Waals surface area contributed by atoms with Gasteiger partial charge >= 0.3 is 0 Å². The molecule has 0 atom stereocenters. The van der Waals surface area contributed by atoms with Crippen molar-refractivity contribution in [1.82, 2.24) is 0 Å². The molecule has 19 heavy (non-hydrogen) atoms. The molecular weight excluding hydrogens is 352 g/mol. The Hall–Kier alpha value is -1.04. The van der Waals surface area contributed by atoms with Gasteiger partial charge in [-0.25, -0.2) is 8.42 Å². The van der Waals surface area contributed by atoms with Crippen LogP contribution in [0.5, 0.6) is 11.5 Å². The first kappa shape index (κ1) is 14.4. The molecular formula is C13H10BrClO3S. The van der Waals surface area contributed by atoms with Gasteiger partial charge in [0.2, 0.25) is 0 Å². The summed E-state index contributed by atoms with van der Waals surface area (Å²) < 4.78 is 29.1. The van der Waals surface area contributed by atoms with E-state index in [-0.39, 0.29) is 4.90 Å². The third-order valence-corrected chi connectivity index (χ3v) is 4.47. The zero-order valence-electron chi connectivity index (χ0n) is 9.93. The van der Waals surface area contributed by atoms with Crippen LogP contribution in [0, 0.1) is 6.92 Å². The molecule has 0 amide bonds. The van der Waals surface area contributed by atoms with Crippen molar-refractivity contribution in [2.45, 2.75) is 11.8 Å². The van der Waals surface area contributed by atoms with E-state index < -0.39 is 9.05 Å². The van der Waals surface area contributed by atoms with Gasteiger partial charge < -0.3 is 4.74 Å². The monoisotopic (exact) mass is 360 g/mol. The fraction of sp³-hybridized carbons (Fsp3) is 0.0769. The summed E-state index contributed by atoms with van der Waals surface area (Å²) in [6.07, 6.45) is 0. The molecule has 0 N–H and O–H groups in total. The minimum atomic E-state index is -3.72. The van der Waals surface area contributed by atoms with Crippen LogP contribution in [0.2, 0.25) is 0 Å². The molecule has 3 nitrogen and oxygen atoms in total. The number of hydrogen-bond acceptors (Lipinski definition) is 3. The van der Waals surface area contributed by atoms with Crippen LogP contribution in [0.3, 0.4) is 0 Å². The van der Waals surface area contributed by atoms with Gasteiger partial charge in [0.25, 0.3) is 9.05 Å². The number of rotatable bonds is 3. The molecule has 0 radical (unpaired) electrons. The normalized spacial score (nSPS) is 11.3. The van der Waals surface area contributed by atoms with Gasteiger partial charge in [0.15, 0.2) is 0 Å². The molecule has 0 aliphatic carbocycles. The fourth-order valence-corrected chi connectivity index (χ4v) is 3.06. The summed E-state index contributed by atoms with van der Waals surface area (Å²) in [7, 11) is 1.60. The zero-order chi connectivity index (χ0) is 14.0. The molecule has 2 aromatic carbocycles. The van der Waals surface area contributed by atoms with E-state index in [1.165, 1.54) is 6.07 Å². The fourth-order valence-electron chi connectivity index (χ4n) is 1.60. The lowest BCUT2D eigenvalue weighted by Crippen LogP contribution is -1.95. The van der Waals surface area contributed by atoms with Gasteiger partial charge in [0.1, 0.15) is 11.5 Å². The maximum absolute atomic E-state index is 11.3. The van der Waals surface area contributed by atoms with Crippen LogP contribution in [0.15, 0.2) is 51.8 Å². The van der Waals surface area contributed by atoms with E-state index in [1.807, 2.05) is 24.3 Å². The summed E-state index contributed by atoms with van der Waals surface area (Å²) in [6.45, 7) is 1.67. The summed E-state index contributed by atoms with van der Waals surface area (Å²) in [5, 5.41) is 0. The Morgan fingerprint density at radius 3 is 2.16 bits per heavy atom. The quantitative estimate of drug-likeness (QED) is 0.757. The molecule has 0 aliphatic rings. The highest BCUT2D eigenvalue weighted by Crippen LogP contribution is 2.27. The van der Waals surface area contributed by atoms with Gasteiger partial charge in [-0.3, -0.25) is 0 Å². The predicted octanol–water partition coefficient (Wildman–Crippen LogP) is 4.48. The van der Waals surface area contributed by atoms with Gasteiger partial charge in [-0.05, 0) is 55.0 Å². The van der Waals surface area contributed by atoms with Gasteiger partial charge in [0, 0.05) is 15.2 Å². The van der Waals surface area contributed by atoms with E-state index in [0.717, 1.165) is 4.47 Å². The third-order valence-electron chi connectivity index (χ3n) is 2.46. The standard InChI is InChI=1S/C13H10BrClO3S/c1-9-8-12(6-7-13(9)19(15,16)17)18-11-4-2-10(14)3-5-11/h2-8H,1H3. The van der Waals surface area contributed by atoms with Crippen molar-refractivity contribution in [3.8, 4) is 11.5 Å². The van der Waals surface area contributed by atoms with Crippen LogP contribution in [0.25, 0.3) is 0 Å². The zero-order valence-corrected chi connectivity index (χ0v) is 13.1. The maximum atomic E-state index is 11.3. The lowest BCUT2D eigenvalue weighted by molar-refractivity contribution is 0.481. The third kappa shape index (κ3) is 3.72. The molecule has 0 aliphatic heterocycles. The summed E-state index contributed by atoms with van der Waals surface area (Å²) in [6, 6.07) is 12.0. The highest BCUT2D eigenvalue weighted by molar-refractivity contribution is 9.10.